The Morgan fingerprint density at radius 1 is 1.21 bits per heavy atom. The zero-order valence-electron chi connectivity index (χ0n) is 10.5. The van der Waals surface area contributed by atoms with Crippen LogP contribution in [-0.4, -0.2) is 5.78 Å². The first kappa shape index (κ1) is 12.2. The summed E-state index contributed by atoms with van der Waals surface area (Å²) in [5.41, 5.74) is 2.78. The van der Waals surface area contributed by atoms with Crippen LogP contribution < -0.4 is 4.74 Å². The molecule has 0 N–H and O–H groups in total. The second kappa shape index (κ2) is 4.71. The molecular formula is C16H13ClO2. The number of hydrogen-bond donors (Lipinski definition) is 0. The van der Waals surface area contributed by atoms with Crippen LogP contribution in [0.3, 0.4) is 0 Å². The molecule has 0 radical (unpaired) electrons. The highest BCUT2D eigenvalue weighted by atomic mass is 35.5. The number of carbonyl (C=O) groups is 1. The molecular weight excluding hydrogens is 260 g/mol. The van der Waals surface area contributed by atoms with Gasteiger partial charge in [0.2, 0.25) is 0 Å². The average molecular weight is 273 g/mol. The maximum absolute atomic E-state index is 12.2. The van der Waals surface area contributed by atoms with E-state index in [4.69, 9.17) is 16.3 Å². The summed E-state index contributed by atoms with van der Waals surface area (Å²) in [4.78, 5) is 12.2. The van der Waals surface area contributed by atoms with Crippen molar-refractivity contribution in [1.82, 2.24) is 0 Å². The highest BCUT2D eigenvalue weighted by Crippen LogP contribution is 2.36. The summed E-state index contributed by atoms with van der Waals surface area (Å²) in [6.07, 6.45) is 0.153. The van der Waals surface area contributed by atoms with E-state index in [9.17, 15) is 4.79 Å². The van der Waals surface area contributed by atoms with Crippen LogP contribution >= 0.6 is 11.6 Å². The lowest BCUT2D eigenvalue weighted by molar-refractivity contribution is 0.0849. The maximum Gasteiger partial charge on any atom is 0.170 e. The van der Waals surface area contributed by atoms with E-state index in [2.05, 4.69) is 0 Å². The van der Waals surface area contributed by atoms with Crippen molar-refractivity contribution >= 4 is 17.4 Å². The number of rotatable bonds is 1. The molecule has 0 spiro atoms. The van der Waals surface area contributed by atoms with Gasteiger partial charge in [0, 0.05) is 5.02 Å². The SMILES string of the molecule is Cc1ccccc1C1CC(=O)c2cc(Cl)ccc2O1. The molecule has 1 heterocycles. The second-order valence-electron chi connectivity index (χ2n) is 4.73. The summed E-state index contributed by atoms with van der Waals surface area (Å²) in [5, 5.41) is 0.560. The summed E-state index contributed by atoms with van der Waals surface area (Å²) >= 11 is 5.91. The predicted octanol–water partition coefficient (Wildman–Crippen LogP) is 4.35. The minimum Gasteiger partial charge on any atom is -0.484 e. The fourth-order valence-corrected chi connectivity index (χ4v) is 2.59. The first-order valence-electron chi connectivity index (χ1n) is 6.20. The fourth-order valence-electron chi connectivity index (χ4n) is 2.42. The number of ketones is 1. The molecule has 1 aliphatic rings. The van der Waals surface area contributed by atoms with Crippen LogP contribution in [0.25, 0.3) is 0 Å². The van der Waals surface area contributed by atoms with Gasteiger partial charge < -0.3 is 4.74 Å². The van der Waals surface area contributed by atoms with Gasteiger partial charge in [0.05, 0.1) is 12.0 Å². The van der Waals surface area contributed by atoms with Gasteiger partial charge >= 0.3 is 0 Å². The molecule has 0 saturated carbocycles. The quantitative estimate of drug-likeness (QED) is 0.771. The van der Waals surface area contributed by atoms with Crippen molar-refractivity contribution in [3.63, 3.8) is 0 Å². The number of hydrogen-bond acceptors (Lipinski definition) is 2. The Balaban J connectivity index is 2.00. The summed E-state index contributed by atoms with van der Waals surface area (Å²) < 4.78 is 5.94. The summed E-state index contributed by atoms with van der Waals surface area (Å²) in [6, 6.07) is 13.2. The van der Waals surface area contributed by atoms with Crippen molar-refractivity contribution in [2.24, 2.45) is 0 Å². The van der Waals surface area contributed by atoms with Crippen molar-refractivity contribution in [3.8, 4) is 5.75 Å². The normalized spacial score (nSPS) is 17.8. The van der Waals surface area contributed by atoms with Crippen LogP contribution in [0, 0.1) is 6.92 Å². The Labute approximate surface area is 117 Å². The minimum atomic E-state index is -0.206. The van der Waals surface area contributed by atoms with E-state index in [-0.39, 0.29) is 11.9 Å². The Bertz CT molecular complexity index is 649. The number of carbonyl (C=O) groups excluding carboxylic acids is 1. The van der Waals surface area contributed by atoms with Crippen LogP contribution in [0.4, 0.5) is 0 Å². The molecule has 0 fully saturated rings. The Hall–Kier alpha value is -1.80. The maximum atomic E-state index is 12.2. The molecule has 1 aliphatic heterocycles. The van der Waals surface area contributed by atoms with Gasteiger partial charge in [0.25, 0.3) is 0 Å². The first-order valence-corrected chi connectivity index (χ1v) is 6.58. The molecule has 0 amide bonds. The minimum absolute atomic E-state index is 0.0806. The molecule has 2 aromatic rings. The first-order chi connectivity index (χ1) is 9.15. The molecule has 0 bridgehead atoms. The lowest BCUT2D eigenvalue weighted by atomic mass is 9.94. The smallest absolute Gasteiger partial charge is 0.170 e. The molecule has 19 heavy (non-hydrogen) atoms. The number of fused-ring (bicyclic) bond motifs is 1. The third-order valence-corrected chi connectivity index (χ3v) is 3.65. The van der Waals surface area contributed by atoms with E-state index in [1.165, 1.54) is 0 Å². The largest absolute Gasteiger partial charge is 0.484 e. The number of ether oxygens (including phenoxy) is 1. The standard InChI is InChI=1S/C16H13ClO2/c1-10-4-2-3-5-12(10)16-9-14(18)13-8-11(17)6-7-15(13)19-16/h2-8,16H,9H2,1H3. The van der Waals surface area contributed by atoms with Gasteiger partial charge in [0.15, 0.2) is 5.78 Å². The van der Waals surface area contributed by atoms with Crippen molar-refractivity contribution in [3.05, 3.63) is 64.2 Å². The highest BCUT2D eigenvalue weighted by molar-refractivity contribution is 6.31. The third kappa shape index (κ3) is 2.24. The molecule has 1 unspecified atom stereocenters. The van der Waals surface area contributed by atoms with Crippen molar-refractivity contribution < 1.29 is 9.53 Å². The van der Waals surface area contributed by atoms with E-state index < -0.39 is 0 Å². The van der Waals surface area contributed by atoms with Gasteiger partial charge in [-0.3, -0.25) is 4.79 Å². The lowest BCUT2D eigenvalue weighted by Gasteiger charge is -2.26. The zero-order chi connectivity index (χ0) is 13.4. The highest BCUT2D eigenvalue weighted by Gasteiger charge is 2.28. The zero-order valence-corrected chi connectivity index (χ0v) is 11.3. The van der Waals surface area contributed by atoms with Gasteiger partial charge in [-0.05, 0) is 36.2 Å². The number of benzene rings is 2. The molecule has 0 aliphatic carbocycles. The fraction of sp³-hybridized carbons (Fsp3) is 0.188. The van der Waals surface area contributed by atoms with Crippen molar-refractivity contribution in [1.29, 1.82) is 0 Å². The van der Waals surface area contributed by atoms with Gasteiger partial charge in [0.1, 0.15) is 11.9 Å². The van der Waals surface area contributed by atoms with E-state index in [1.54, 1.807) is 18.2 Å². The number of aryl methyl sites for hydroxylation is 1. The monoisotopic (exact) mass is 272 g/mol. The van der Waals surface area contributed by atoms with E-state index in [1.807, 2.05) is 31.2 Å². The summed E-state index contributed by atoms with van der Waals surface area (Å²) in [5.74, 6) is 0.700. The Morgan fingerprint density at radius 2 is 2.00 bits per heavy atom. The summed E-state index contributed by atoms with van der Waals surface area (Å²) in [6.45, 7) is 2.03. The second-order valence-corrected chi connectivity index (χ2v) is 5.17. The van der Waals surface area contributed by atoms with Gasteiger partial charge in [-0.15, -0.1) is 0 Å². The van der Waals surface area contributed by atoms with Crippen LogP contribution in [0.1, 0.15) is 34.0 Å². The van der Waals surface area contributed by atoms with Crippen LogP contribution in [-0.2, 0) is 0 Å². The average Bonchev–Trinajstić information content (AvgIpc) is 2.40. The molecule has 3 rings (SSSR count). The van der Waals surface area contributed by atoms with Crippen LogP contribution in [0.5, 0.6) is 5.75 Å². The molecule has 0 saturated heterocycles. The third-order valence-electron chi connectivity index (χ3n) is 3.42. The van der Waals surface area contributed by atoms with Crippen molar-refractivity contribution in [2.75, 3.05) is 0 Å². The number of halogens is 1. The molecule has 2 nitrogen and oxygen atoms in total. The van der Waals surface area contributed by atoms with E-state index in [0.29, 0.717) is 22.8 Å². The van der Waals surface area contributed by atoms with Gasteiger partial charge in [-0.2, -0.15) is 0 Å². The Morgan fingerprint density at radius 3 is 2.79 bits per heavy atom. The van der Waals surface area contributed by atoms with Crippen molar-refractivity contribution in [2.45, 2.75) is 19.4 Å². The van der Waals surface area contributed by atoms with Gasteiger partial charge in [-0.1, -0.05) is 35.9 Å². The predicted molar refractivity (Wildman–Crippen MR) is 74.9 cm³/mol. The van der Waals surface area contributed by atoms with E-state index in [0.717, 1.165) is 11.1 Å². The molecule has 1 atom stereocenters. The molecule has 2 aromatic carbocycles. The van der Waals surface area contributed by atoms with Crippen LogP contribution in [0.15, 0.2) is 42.5 Å². The lowest BCUT2D eigenvalue weighted by Crippen LogP contribution is -2.21. The molecule has 3 heteroatoms. The van der Waals surface area contributed by atoms with E-state index >= 15 is 0 Å². The molecule has 0 aromatic heterocycles. The van der Waals surface area contributed by atoms with Gasteiger partial charge in [-0.25, -0.2) is 0 Å². The summed E-state index contributed by atoms with van der Waals surface area (Å²) in [7, 11) is 0. The number of Topliss-reactive ketones (excluding diaryl/α,β-unsaturated/α-hetero) is 1. The Kier molecular flexibility index (Phi) is 3.03. The topological polar surface area (TPSA) is 26.3 Å². The van der Waals surface area contributed by atoms with Crippen LogP contribution in [0.2, 0.25) is 5.02 Å². The molecule has 96 valence electrons.